The number of carbonyl (C=O) groups is 1. The molecule has 33 heavy (non-hydrogen) atoms. The van der Waals surface area contributed by atoms with Gasteiger partial charge < -0.3 is 4.74 Å². The van der Waals surface area contributed by atoms with Gasteiger partial charge in [-0.2, -0.15) is 9.41 Å². The van der Waals surface area contributed by atoms with Gasteiger partial charge >= 0.3 is 0 Å². The Morgan fingerprint density at radius 1 is 1.03 bits per heavy atom. The molecule has 0 aliphatic heterocycles. The van der Waals surface area contributed by atoms with Crippen molar-refractivity contribution in [3.05, 3.63) is 95.6 Å². The zero-order valence-electron chi connectivity index (χ0n) is 18.6. The average Bonchev–Trinajstić information content (AvgIpc) is 2.82. The second-order valence-corrected chi connectivity index (χ2v) is 9.39. The molecule has 0 atom stereocenters. The van der Waals surface area contributed by atoms with Crippen molar-refractivity contribution in [1.82, 2.24) is 9.73 Å². The van der Waals surface area contributed by atoms with Gasteiger partial charge in [0.25, 0.3) is 5.91 Å². The maximum atomic E-state index is 13.3. The summed E-state index contributed by atoms with van der Waals surface area (Å²) in [4.78, 5) is 12.6. The molecule has 0 fully saturated rings. The number of carbonyl (C=O) groups excluding carboxylic acids is 1. The highest BCUT2D eigenvalue weighted by Crippen LogP contribution is 2.20. The number of nitrogens with zero attached hydrogens (tertiary/aromatic N) is 2. The molecule has 0 aliphatic rings. The minimum atomic E-state index is -3.91. The van der Waals surface area contributed by atoms with Crippen LogP contribution in [0.2, 0.25) is 0 Å². The van der Waals surface area contributed by atoms with Crippen LogP contribution in [0.4, 0.5) is 0 Å². The second-order valence-electron chi connectivity index (χ2n) is 7.46. The fourth-order valence-corrected chi connectivity index (χ4v) is 4.60. The summed E-state index contributed by atoms with van der Waals surface area (Å²) in [5, 5.41) is 3.97. The summed E-state index contributed by atoms with van der Waals surface area (Å²) in [6.45, 7) is 1.75. The minimum absolute atomic E-state index is 0.0902. The molecule has 0 radical (unpaired) electrons. The van der Waals surface area contributed by atoms with Crippen molar-refractivity contribution in [2.45, 2.75) is 18.2 Å². The van der Waals surface area contributed by atoms with Gasteiger partial charge in [-0.25, -0.2) is 13.8 Å². The summed E-state index contributed by atoms with van der Waals surface area (Å²) in [6.07, 6.45) is 1.99. The van der Waals surface area contributed by atoms with E-state index in [0.717, 1.165) is 16.7 Å². The number of ether oxygens (including phenoxy) is 1. The first-order valence-electron chi connectivity index (χ1n) is 10.4. The molecule has 3 aromatic carbocycles. The van der Waals surface area contributed by atoms with E-state index in [2.05, 4.69) is 10.5 Å². The van der Waals surface area contributed by atoms with Gasteiger partial charge in [0.2, 0.25) is 10.0 Å². The van der Waals surface area contributed by atoms with Gasteiger partial charge in [-0.1, -0.05) is 60.2 Å². The van der Waals surface area contributed by atoms with Crippen LogP contribution in [0, 0.1) is 6.92 Å². The Morgan fingerprint density at radius 3 is 2.42 bits per heavy atom. The lowest BCUT2D eigenvalue weighted by molar-refractivity contribution is -0.121. The zero-order valence-corrected chi connectivity index (χ0v) is 19.5. The van der Waals surface area contributed by atoms with Gasteiger partial charge in [-0.05, 0) is 48.7 Å². The number of methoxy groups -OCH3 is 1. The third-order valence-corrected chi connectivity index (χ3v) is 6.81. The lowest BCUT2D eigenvalue weighted by Crippen LogP contribution is -2.40. The molecule has 172 valence electrons. The summed E-state index contributed by atoms with van der Waals surface area (Å²) in [5.74, 6) is 0.0251. The first-order chi connectivity index (χ1) is 15.9. The molecule has 0 spiro atoms. The van der Waals surface area contributed by atoms with Gasteiger partial charge in [0, 0.05) is 6.54 Å². The summed E-state index contributed by atoms with van der Waals surface area (Å²) in [6, 6.07) is 23.3. The van der Waals surface area contributed by atoms with Crippen molar-refractivity contribution in [3.8, 4) is 5.75 Å². The molecule has 0 heterocycles. The molecule has 3 rings (SSSR count). The number of amides is 1. The van der Waals surface area contributed by atoms with Gasteiger partial charge in [-0.3, -0.25) is 4.79 Å². The number of hydrazone groups is 1. The highest BCUT2D eigenvalue weighted by atomic mass is 32.2. The lowest BCUT2D eigenvalue weighted by Gasteiger charge is -2.21. The Bertz CT molecular complexity index is 1190. The van der Waals surface area contributed by atoms with Crippen molar-refractivity contribution in [2.24, 2.45) is 5.10 Å². The van der Waals surface area contributed by atoms with Crippen LogP contribution >= 0.6 is 0 Å². The van der Waals surface area contributed by atoms with Crippen molar-refractivity contribution in [3.63, 3.8) is 0 Å². The van der Waals surface area contributed by atoms with Gasteiger partial charge in [-0.15, -0.1) is 0 Å². The van der Waals surface area contributed by atoms with Gasteiger partial charge in [0.1, 0.15) is 5.75 Å². The first-order valence-corrected chi connectivity index (χ1v) is 11.9. The molecule has 0 aromatic heterocycles. The number of hydrogen-bond acceptors (Lipinski definition) is 5. The van der Waals surface area contributed by atoms with E-state index in [9.17, 15) is 13.2 Å². The molecular formula is C25H27N3O4S. The molecule has 0 aliphatic carbocycles. The van der Waals surface area contributed by atoms with Crippen LogP contribution in [0.25, 0.3) is 0 Å². The molecule has 1 N–H and O–H groups in total. The second kappa shape index (κ2) is 11.4. The normalized spacial score (nSPS) is 11.6. The van der Waals surface area contributed by atoms with Crippen molar-refractivity contribution in [1.29, 1.82) is 0 Å². The van der Waals surface area contributed by atoms with Crippen LogP contribution in [0.1, 0.15) is 16.7 Å². The fourth-order valence-electron chi connectivity index (χ4n) is 3.20. The highest BCUT2D eigenvalue weighted by Gasteiger charge is 2.26. The predicted molar refractivity (Wildman–Crippen MR) is 129 cm³/mol. The molecule has 0 saturated carbocycles. The number of rotatable bonds is 10. The number of nitrogens with one attached hydrogen (secondary N) is 1. The van der Waals surface area contributed by atoms with Crippen molar-refractivity contribution in [2.75, 3.05) is 20.2 Å². The van der Waals surface area contributed by atoms with Crippen LogP contribution in [-0.4, -0.2) is 45.0 Å². The predicted octanol–water partition coefficient (Wildman–Crippen LogP) is 3.39. The third-order valence-electron chi connectivity index (χ3n) is 4.95. The summed E-state index contributed by atoms with van der Waals surface area (Å²) < 4.78 is 32.9. The molecule has 0 unspecified atom stereocenters. The van der Waals surface area contributed by atoms with Crippen LogP contribution in [0.3, 0.4) is 0 Å². The lowest BCUT2D eigenvalue weighted by atomic mass is 10.1. The summed E-state index contributed by atoms with van der Waals surface area (Å²) in [7, 11) is -2.40. The topological polar surface area (TPSA) is 88.1 Å². The van der Waals surface area contributed by atoms with Crippen LogP contribution in [0.15, 0.2) is 88.9 Å². The van der Waals surface area contributed by atoms with E-state index in [4.69, 9.17) is 4.74 Å². The zero-order chi connectivity index (χ0) is 23.7. The van der Waals surface area contributed by atoms with E-state index in [0.29, 0.717) is 12.2 Å². The van der Waals surface area contributed by atoms with E-state index in [1.807, 2.05) is 61.5 Å². The Hall–Kier alpha value is -3.49. The largest absolute Gasteiger partial charge is 0.497 e. The van der Waals surface area contributed by atoms with E-state index in [1.165, 1.54) is 29.8 Å². The summed E-state index contributed by atoms with van der Waals surface area (Å²) >= 11 is 0. The molecule has 7 nitrogen and oxygen atoms in total. The Labute approximate surface area is 194 Å². The van der Waals surface area contributed by atoms with Crippen LogP contribution < -0.4 is 10.2 Å². The Balaban J connectivity index is 1.74. The van der Waals surface area contributed by atoms with E-state index >= 15 is 0 Å². The molecule has 3 aromatic rings. The van der Waals surface area contributed by atoms with Crippen LogP contribution in [-0.2, 0) is 21.2 Å². The van der Waals surface area contributed by atoms with Crippen molar-refractivity contribution >= 4 is 22.1 Å². The SMILES string of the molecule is COc1ccc(S(=O)(=O)N(CCc2ccccc2)CC(=O)NN=Cc2cccc(C)c2)cc1. The Morgan fingerprint density at radius 2 is 1.76 bits per heavy atom. The van der Waals surface area contributed by atoms with Crippen molar-refractivity contribution < 1.29 is 17.9 Å². The molecule has 1 amide bonds. The molecule has 0 saturated heterocycles. The number of benzene rings is 3. The number of aryl methyl sites for hydroxylation is 1. The average molecular weight is 466 g/mol. The van der Waals surface area contributed by atoms with E-state index in [-0.39, 0.29) is 18.0 Å². The standard InChI is InChI=1S/C25H27N3O4S/c1-20-7-6-10-22(17-20)18-26-27-25(29)19-28(16-15-21-8-4-3-5-9-21)33(30,31)24-13-11-23(32-2)12-14-24/h3-14,17-18H,15-16,19H2,1-2H3,(H,27,29). The Kier molecular flexibility index (Phi) is 8.34. The van der Waals surface area contributed by atoms with Gasteiger partial charge in [0.05, 0.1) is 24.8 Å². The third kappa shape index (κ3) is 7.00. The highest BCUT2D eigenvalue weighted by molar-refractivity contribution is 7.89. The first kappa shape index (κ1) is 24.2. The monoisotopic (exact) mass is 465 g/mol. The van der Waals surface area contributed by atoms with E-state index in [1.54, 1.807) is 12.1 Å². The minimum Gasteiger partial charge on any atom is -0.497 e. The van der Waals surface area contributed by atoms with E-state index < -0.39 is 15.9 Å². The maximum absolute atomic E-state index is 13.3. The molecular weight excluding hydrogens is 438 g/mol. The summed E-state index contributed by atoms with van der Waals surface area (Å²) in [5.41, 5.74) is 5.31. The van der Waals surface area contributed by atoms with Crippen LogP contribution in [0.5, 0.6) is 5.75 Å². The number of sulfonamides is 1. The maximum Gasteiger partial charge on any atom is 0.255 e. The number of hydrogen-bond donors (Lipinski definition) is 1. The molecule has 8 heteroatoms. The molecule has 0 bridgehead atoms. The van der Waals surface area contributed by atoms with Gasteiger partial charge in [0.15, 0.2) is 0 Å². The fraction of sp³-hybridized carbons (Fsp3) is 0.200. The quantitative estimate of drug-likeness (QED) is 0.367. The smallest absolute Gasteiger partial charge is 0.255 e.